The van der Waals surface area contributed by atoms with Gasteiger partial charge in [0.1, 0.15) is 5.69 Å². The molecule has 0 aliphatic carbocycles. The fourth-order valence-corrected chi connectivity index (χ4v) is 2.93. The molecule has 0 bridgehead atoms. The summed E-state index contributed by atoms with van der Waals surface area (Å²) in [7, 11) is 0. The quantitative estimate of drug-likeness (QED) is 0.710. The number of rotatable bonds is 6. The van der Waals surface area contributed by atoms with Gasteiger partial charge in [-0.3, -0.25) is 14.9 Å². The van der Waals surface area contributed by atoms with E-state index in [1.54, 1.807) is 12.4 Å². The van der Waals surface area contributed by atoms with Crippen LogP contribution < -0.4 is 5.32 Å². The van der Waals surface area contributed by atoms with Gasteiger partial charge in [-0.15, -0.1) is 0 Å². The number of amides is 1. The number of H-pyrrole nitrogens is 1. The molecule has 0 saturated heterocycles. The number of nitrogens with one attached hydrogen (secondary N) is 2. The van der Waals surface area contributed by atoms with Crippen molar-refractivity contribution in [3.8, 4) is 0 Å². The molecule has 5 nitrogen and oxygen atoms in total. The van der Waals surface area contributed by atoms with E-state index in [0.29, 0.717) is 5.69 Å². The summed E-state index contributed by atoms with van der Waals surface area (Å²) in [6, 6.07) is 11.6. The summed E-state index contributed by atoms with van der Waals surface area (Å²) in [6.07, 6.45) is 5.40. The molecule has 3 rings (SSSR count). The van der Waals surface area contributed by atoms with Crippen molar-refractivity contribution in [3.05, 3.63) is 82.4 Å². The van der Waals surface area contributed by atoms with E-state index in [2.05, 4.69) is 53.4 Å². The number of nitrogens with zero attached hydrogens (tertiary/aromatic N) is 2. The Morgan fingerprint density at radius 2 is 2.00 bits per heavy atom. The molecule has 1 unspecified atom stereocenters. The number of hydrogen-bond acceptors (Lipinski definition) is 3. The Labute approximate surface area is 153 Å². The third kappa shape index (κ3) is 3.99. The number of aromatic nitrogens is 3. The van der Waals surface area contributed by atoms with Crippen molar-refractivity contribution < 1.29 is 4.79 Å². The maximum Gasteiger partial charge on any atom is 0.272 e. The zero-order valence-corrected chi connectivity index (χ0v) is 15.4. The zero-order valence-electron chi connectivity index (χ0n) is 15.4. The Balaban J connectivity index is 1.90. The van der Waals surface area contributed by atoms with Gasteiger partial charge in [0.2, 0.25) is 0 Å². The van der Waals surface area contributed by atoms with Gasteiger partial charge in [0.15, 0.2) is 0 Å². The van der Waals surface area contributed by atoms with Crippen LogP contribution in [0, 0.1) is 13.8 Å². The van der Waals surface area contributed by atoms with Crippen LogP contribution in [0.2, 0.25) is 0 Å². The summed E-state index contributed by atoms with van der Waals surface area (Å²) in [5, 5.41) is 10.2. The van der Waals surface area contributed by atoms with Crippen LogP contribution in [-0.2, 0) is 6.42 Å². The summed E-state index contributed by atoms with van der Waals surface area (Å²) in [4.78, 5) is 17.0. The summed E-state index contributed by atoms with van der Waals surface area (Å²) in [5.74, 6) is -0.198. The first-order chi connectivity index (χ1) is 12.6. The topological polar surface area (TPSA) is 70.7 Å². The molecule has 1 aromatic carbocycles. The molecule has 1 amide bonds. The molecule has 0 fully saturated rings. The standard InChI is InChI=1S/C21H24N4O/c1-4-6-18-12-19(25-24-18)21(26)23-20(17-7-5-10-22-13-17)16-9-8-14(2)15(3)11-16/h5,7-13,20H,4,6H2,1-3H3,(H,23,26)(H,24,25). The molecule has 0 aliphatic heterocycles. The van der Waals surface area contributed by atoms with Gasteiger partial charge in [-0.25, -0.2) is 0 Å². The average molecular weight is 348 g/mol. The van der Waals surface area contributed by atoms with Crippen LogP contribution in [0.4, 0.5) is 0 Å². The van der Waals surface area contributed by atoms with Gasteiger partial charge in [0, 0.05) is 18.1 Å². The van der Waals surface area contributed by atoms with Crippen molar-refractivity contribution in [2.24, 2.45) is 0 Å². The lowest BCUT2D eigenvalue weighted by molar-refractivity contribution is 0.0938. The van der Waals surface area contributed by atoms with Crippen molar-refractivity contribution in [1.82, 2.24) is 20.5 Å². The molecule has 0 saturated carbocycles. The molecule has 2 heterocycles. The predicted octanol–water partition coefficient (Wildman–Crippen LogP) is 3.89. The minimum absolute atomic E-state index is 0.198. The maximum atomic E-state index is 12.8. The Kier molecular flexibility index (Phi) is 5.46. The normalized spacial score (nSPS) is 12.0. The largest absolute Gasteiger partial charge is 0.340 e. The van der Waals surface area contributed by atoms with Crippen molar-refractivity contribution in [2.45, 2.75) is 39.7 Å². The number of carbonyl (C=O) groups is 1. The fraction of sp³-hybridized carbons (Fsp3) is 0.286. The van der Waals surface area contributed by atoms with Gasteiger partial charge in [-0.1, -0.05) is 37.6 Å². The molecule has 5 heteroatoms. The highest BCUT2D eigenvalue weighted by Gasteiger charge is 2.20. The smallest absolute Gasteiger partial charge is 0.272 e. The second kappa shape index (κ2) is 7.95. The first-order valence-corrected chi connectivity index (χ1v) is 8.90. The number of aryl methyl sites for hydroxylation is 3. The summed E-state index contributed by atoms with van der Waals surface area (Å²) >= 11 is 0. The molecule has 1 atom stereocenters. The van der Waals surface area contributed by atoms with Crippen molar-refractivity contribution in [2.75, 3.05) is 0 Å². The molecule has 0 aliphatic rings. The molecular formula is C21H24N4O. The zero-order chi connectivity index (χ0) is 18.5. The van der Waals surface area contributed by atoms with Crippen LogP contribution in [0.3, 0.4) is 0 Å². The SMILES string of the molecule is CCCc1cc(C(=O)NC(c2cccnc2)c2ccc(C)c(C)c2)n[nH]1. The Hall–Kier alpha value is -2.95. The van der Waals surface area contributed by atoms with Gasteiger partial charge >= 0.3 is 0 Å². The van der Waals surface area contributed by atoms with E-state index in [1.165, 1.54) is 11.1 Å². The summed E-state index contributed by atoms with van der Waals surface area (Å²) in [6.45, 7) is 6.25. The highest BCUT2D eigenvalue weighted by atomic mass is 16.2. The first-order valence-electron chi connectivity index (χ1n) is 8.90. The second-order valence-corrected chi connectivity index (χ2v) is 6.56. The van der Waals surface area contributed by atoms with Crippen molar-refractivity contribution >= 4 is 5.91 Å². The lowest BCUT2D eigenvalue weighted by Crippen LogP contribution is -2.29. The fourth-order valence-electron chi connectivity index (χ4n) is 2.93. The summed E-state index contributed by atoms with van der Waals surface area (Å²) in [5.41, 5.74) is 5.76. The van der Waals surface area contributed by atoms with Crippen LogP contribution in [0.15, 0.2) is 48.8 Å². The number of hydrogen-bond donors (Lipinski definition) is 2. The van der Waals surface area contributed by atoms with Crippen LogP contribution in [0.25, 0.3) is 0 Å². The minimum Gasteiger partial charge on any atom is -0.340 e. The van der Waals surface area contributed by atoms with Gasteiger partial charge in [-0.05, 0) is 54.7 Å². The second-order valence-electron chi connectivity index (χ2n) is 6.56. The van der Waals surface area contributed by atoms with Crippen molar-refractivity contribution in [1.29, 1.82) is 0 Å². The molecule has 26 heavy (non-hydrogen) atoms. The molecule has 2 N–H and O–H groups in total. The van der Waals surface area contributed by atoms with Gasteiger partial charge in [0.25, 0.3) is 5.91 Å². The molecular weight excluding hydrogens is 324 g/mol. The summed E-state index contributed by atoms with van der Waals surface area (Å²) < 4.78 is 0. The average Bonchev–Trinajstić information content (AvgIpc) is 3.12. The van der Waals surface area contributed by atoms with Crippen LogP contribution in [0.1, 0.15) is 57.8 Å². The van der Waals surface area contributed by atoms with Gasteiger partial charge < -0.3 is 5.32 Å². The van der Waals surface area contributed by atoms with Gasteiger partial charge in [0.05, 0.1) is 6.04 Å². The third-order valence-electron chi connectivity index (χ3n) is 4.54. The molecule has 0 radical (unpaired) electrons. The van der Waals surface area contributed by atoms with E-state index in [1.807, 2.05) is 24.3 Å². The van der Waals surface area contributed by atoms with E-state index in [9.17, 15) is 4.79 Å². The van der Waals surface area contributed by atoms with Crippen LogP contribution in [0.5, 0.6) is 0 Å². The first kappa shape index (κ1) is 17.9. The Bertz CT molecular complexity index is 886. The number of pyridine rings is 1. The molecule has 0 spiro atoms. The monoisotopic (exact) mass is 348 g/mol. The van der Waals surface area contributed by atoms with E-state index in [-0.39, 0.29) is 11.9 Å². The van der Waals surface area contributed by atoms with Crippen LogP contribution in [-0.4, -0.2) is 21.1 Å². The van der Waals surface area contributed by atoms with E-state index in [0.717, 1.165) is 29.7 Å². The Morgan fingerprint density at radius 1 is 1.15 bits per heavy atom. The number of aromatic amines is 1. The number of carbonyl (C=O) groups excluding carboxylic acids is 1. The van der Waals surface area contributed by atoms with E-state index < -0.39 is 0 Å². The molecule has 3 aromatic rings. The van der Waals surface area contributed by atoms with Crippen LogP contribution >= 0.6 is 0 Å². The minimum atomic E-state index is -0.276. The van der Waals surface area contributed by atoms with E-state index in [4.69, 9.17) is 0 Å². The molecule has 134 valence electrons. The predicted molar refractivity (Wildman–Crippen MR) is 102 cm³/mol. The number of benzene rings is 1. The Morgan fingerprint density at radius 3 is 2.69 bits per heavy atom. The van der Waals surface area contributed by atoms with Crippen molar-refractivity contribution in [3.63, 3.8) is 0 Å². The molecule has 2 aromatic heterocycles. The van der Waals surface area contributed by atoms with Gasteiger partial charge in [-0.2, -0.15) is 5.10 Å². The highest BCUT2D eigenvalue weighted by Crippen LogP contribution is 2.24. The third-order valence-corrected chi connectivity index (χ3v) is 4.54. The highest BCUT2D eigenvalue weighted by molar-refractivity contribution is 5.92. The lowest BCUT2D eigenvalue weighted by Gasteiger charge is -2.20. The van der Waals surface area contributed by atoms with E-state index >= 15 is 0 Å². The maximum absolute atomic E-state index is 12.8. The lowest BCUT2D eigenvalue weighted by atomic mass is 9.96.